The number of aldehydes is 1. The van der Waals surface area contributed by atoms with E-state index < -0.39 is 23.6 Å². The van der Waals surface area contributed by atoms with Crippen LogP contribution in [-0.4, -0.2) is 24.9 Å². The molecule has 0 heterocycles. The van der Waals surface area contributed by atoms with Crippen molar-refractivity contribution in [3.63, 3.8) is 0 Å². The van der Waals surface area contributed by atoms with Crippen molar-refractivity contribution in [2.24, 2.45) is 0 Å². The van der Waals surface area contributed by atoms with Gasteiger partial charge in [0.2, 0.25) is 5.75 Å². The summed E-state index contributed by atoms with van der Waals surface area (Å²) in [6.45, 7) is 0. The molecule has 0 saturated heterocycles. The molecule has 0 amide bonds. The van der Waals surface area contributed by atoms with E-state index in [4.69, 9.17) is 4.74 Å². The van der Waals surface area contributed by atoms with Crippen molar-refractivity contribution in [1.29, 1.82) is 0 Å². The molecule has 0 aliphatic heterocycles. The molecule has 0 saturated carbocycles. The zero-order valence-electron chi connectivity index (χ0n) is 11.3. The lowest BCUT2D eigenvalue weighted by molar-refractivity contribution is -0.275. The number of alkyl halides is 3. The second kappa shape index (κ2) is 5.97. The van der Waals surface area contributed by atoms with Crippen LogP contribution in [0.5, 0.6) is 17.2 Å². The standard InChI is InChI=1S/C15H11F3O4/c1-21-14-12(20)7-10(9-5-3-2-4-6-9)11(8-19)13(14)22-15(16,17)18/h2-8,20H,1H3. The third-order valence-corrected chi connectivity index (χ3v) is 2.88. The molecule has 0 aliphatic carbocycles. The normalized spacial score (nSPS) is 11.1. The van der Waals surface area contributed by atoms with Crippen LogP contribution in [0.2, 0.25) is 0 Å². The lowest BCUT2D eigenvalue weighted by atomic mass is 9.98. The summed E-state index contributed by atoms with van der Waals surface area (Å²) in [7, 11) is 1.06. The number of phenols is 1. The Kier molecular flexibility index (Phi) is 4.25. The Morgan fingerprint density at radius 2 is 1.77 bits per heavy atom. The maximum atomic E-state index is 12.6. The highest BCUT2D eigenvalue weighted by atomic mass is 19.4. The number of methoxy groups -OCH3 is 1. The number of ether oxygens (including phenoxy) is 2. The van der Waals surface area contributed by atoms with Gasteiger partial charge in [-0.05, 0) is 17.2 Å². The molecule has 1 N–H and O–H groups in total. The van der Waals surface area contributed by atoms with Gasteiger partial charge in [0.05, 0.1) is 12.7 Å². The summed E-state index contributed by atoms with van der Waals surface area (Å²) in [6.07, 6.45) is -4.81. The molecule has 0 aromatic heterocycles. The predicted molar refractivity (Wildman–Crippen MR) is 72.2 cm³/mol. The van der Waals surface area contributed by atoms with Crippen LogP contribution in [0.4, 0.5) is 13.2 Å². The highest BCUT2D eigenvalue weighted by Gasteiger charge is 2.35. The summed E-state index contributed by atoms with van der Waals surface area (Å²) in [5.74, 6) is -1.99. The molecule has 0 unspecified atom stereocenters. The number of phenolic OH excluding ortho intramolecular Hbond substituents is 1. The maximum absolute atomic E-state index is 12.6. The third-order valence-electron chi connectivity index (χ3n) is 2.88. The van der Waals surface area contributed by atoms with Crippen LogP contribution in [0, 0.1) is 0 Å². The Bertz CT molecular complexity index is 681. The molecule has 7 heteroatoms. The van der Waals surface area contributed by atoms with Crippen LogP contribution >= 0.6 is 0 Å². The molecule has 0 bridgehead atoms. The molecule has 22 heavy (non-hydrogen) atoms. The molecule has 2 aromatic carbocycles. The van der Waals surface area contributed by atoms with Crippen molar-refractivity contribution in [2.75, 3.05) is 7.11 Å². The number of rotatable bonds is 4. The fourth-order valence-corrected chi connectivity index (χ4v) is 2.03. The van der Waals surface area contributed by atoms with Gasteiger partial charge in [-0.25, -0.2) is 0 Å². The van der Waals surface area contributed by atoms with Crippen LogP contribution in [0.15, 0.2) is 36.4 Å². The van der Waals surface area contributed by atoms with Gasteiger partial charge in [-0.1, -0.05) is 30.3 Å². The smallest absolute Gasteiger partial charge is 0.504 e. The molecular formula is C15H11F3O4. The highest BCUT2D eigenvalue weighted by molar-refractivity contribution is 5.93. The zero-order valence-corrected chi connectivity index (χ0v) is 11.3. The van der Waals surface area contributed by atoms with Crippen molar-refractivity contribution in [2.45, 2.75) is 6.36 Å². The number of carbonyl (C=O) groups is 1. The van der Waals surface area contributed by atoms with Gasteiger partial charge >= 0.3 is 6.36 Å². The minimum Gasteiger partial charge on any atom is -0.504 e. The monoisotopic (exact) mass is 312 g/mol. The number of aromatic hydroxyl groups is 1. The average molecular weight is 312 g/mol. The largest absolute Gasteiger partial charge is 0.573 e. The SMILES string of the molecule is COc1c(O)cc(-c2ccccc2)c(C=O)c1OC(F)(F)F. The van der Waals surface area contributed by atoms with Gasteiger partial charge in [-0.15, -0.1) is 13.2 Å². The lowest BCUT2D eigenvalue weighted by Crippen LogP contribution is -2.19. The summed E-state index contributed by atoms with van der Waals surface area (Å²) >= 11 is 0. The Morgan fingerprint density at radius 1 is 1.14 bits per heavy atom. The Hall–Kier alpha value is -2.70. The molecule has 0 aliphatic rings. The number of hydrogen-bond donors (Lipinski definition) is 1. The van der Waals surface area contributed by atoms with Gasteiger partial charge in [0.25, 0.3) is 0 Å². The zero-order chi connectivity index (χ0) is 16.3. The van der Waals surface area contributed by atoms with Gasteiger partial charge in [0, 0.05) is 0 Å². The lowest BCUT2D eigenvalue weighted by Gasteiger charge is -2.18. The van der Waals surface area contributed by atoms with Gasteiger partial charge in [0.15, 0.2) is 17.8 Å². The second-order valence-corrected chi connectivity index (χ2v) is 4.25. The first-order valence-electron chi connectivity index (χ1n) is 6.07. The fraction of sp³-hybridized carbons (Fsp3) is 0.133. The van der Waals surface area contributed by atoms with Crippen molar-refractivity contribution in [1.82, 2.24) is 0 Å². The van der Waals surface area contributed by atoms with Crippen LogP contribution in [0.3, 0.4) is 0 Å². The first-order chi connectivity index (χ1) is 10.4. The number of carbonyl (C=O) groups excluding carboxylic acids is 1. The molecule has 2 aromatic rings. The predicted octanol–water partition coefficient (Wildman–Crippen LogP) is 3.78. The van der Waals surface area contributed by atoms with E-state index >= 15 is 0 Å². The van der Waals surface area contributed by atoms with E-state index in [0.717, 1.165) is 13.2 Å². The van der Waals surface area contributed by atoms with Crippen LogP contribution in [0.25, 0.3) is 11.1 Å². The van der Waals surface area contributed by atoms with Gasteiger partial charge in [0.1, 0.15) is 0 Å². The quantitative estimate of drug-likeness (QED) is 0.873. The Balaban J connectivity index is 2.74. The van der Waals surface area contributed by atoms with Crippen LogP contribution in [0.1, 0.15) is 10.4 Å². The van der Waals surface area contributed by atoms with Crippen molar-refractivity contribution < 1.29 is 32.5 Å². The maximum Gasteiger partial charge on any atom is 0.573 e. The molecule has 0 spiro atoms. The third kappa shape index (κ3) is 3.13. The molecule has 4 nitrogen and oxygen atoms in total. The molecular weight excluding hydrogens is 301 g/mol. The topological polar surface area (TPSA) is 55.8 Å². The highest BCUT2D eigenvalue weighted by Crippen LogP contribution is 2.45. The van der Waals surface area contributed by atoms with Gasteiger partial charge in [-0.2, -0.15) is 0 Å². The van der Waals surface area contributed by atoms with Crippen LogP contribution < -0.4 is 9.47 Å². The number of hydrogen-bond acceptors (Lipinski definition) is 4. The van der Waals surface area contributed by atoms with E-state index in [1.54, 1.807) is 30.3 Å². The van der Waals surface area contributed by atoms with Gasteiger partial charge < -0.3 is 14.6 Å². The van der Waals surface area contributed by atoms with E-state index in [2.05, 4.69) is 4.74 Å². The van der Waals surface area contributed by atoms with Gasteiger partial charge in [-0.3, -0.25) is 4.79 Å². The molecule has 0 radical (unpaired) electrons. The molecule has 116 valence electrons. The summed E-state index contributed by atoms with van der Waals surface area (Å²) in [5, 5.41) is 9.86. The summed E-state index contributed by atoms with van der Waals surface area (Å²) in [5.41, 5.74) is 0.195. The molecule has 2 rings (SSSR count). The second-order valence-electron chi connectivity index (χ2n) is 4.25. The average Bonchev–Trinajstić information content (AvgIpc) is 2.46. The fourth-order valence-electron chi connectivity index (χ4n) is 2.03. The summed E-state index contributed by atoms with van der Waals surface area (Å²) in [6, 6.07) is 9.34. The minimum atomic E-state index is -5.03. The van der Waals surface area contributed by atoms with E-state index in [1.165, 1.54) is 0 Å². The van der Waals surface area contributed by atoms with E-state index in [0.29, 0.717) is 5.56 Å². The van der Waals surface area contributed by atoms with Crippen LogP contribution in [-0.2, 0) is 0 Å². The van der Waals surface area contributed by atoms with E-state index in [-0.39, 0.29) is 17.4 Å². The Labute approximate surface area is 123 Å². The summed E-state index contributed by atoms with van der Waals surface area (Å²) in [4.78, 5) is 11.3. The first-order valence-corrected chi connectivity index (χ1v) is 6.07. The number of benzene rings is 2. The Morgan fingerprint density at radius 3 is 2.27 bits per heavy atom. The summed E-state index contributed by atoms with van der Waals surface area (Å²) < 4.78 is 46.3. The van der Waals surface area contributed by atoms with E-state index in [9.17, 15) is 23.1 Å². The molecule has 0 atom stereocenters. The molecule has 0 fully saturated rings. The van der Waals surface area contributed by atoms with Crippen molar-refractivity contribution in [3.05, 3.63) is 42.0 Å². The number of halogens is 3. The van der Waals surface area contributed by atoms with E-state index in [1.807, 2.05) is 0 Å². The van der Waals surface area contributed by atoms with Crippen molar-refractivity contribution >= 4 is 6.29 Å². The first kappa shape index (κ1) is 15.7. The minimum absolute atomic E-state index is 0.105. The van der Waals surface area contributed by atoms with Crippen molar-refractivity contribution in [3.8, 4) is 28.4 Å².